The van der Waals surface area contributed by atoms with Crippen molar-refractivity contribution in [2.75, 3.05) is 11.5 Å². The van der Waals surface area contributed by atoms with E-state index in [1.807, 2.05) is 11.4 Å². The lowest BCUT2D eigenvalue weighted by Crippen LogP contribution is -1.96. The average molecular weight is 182 g/mol. The Kier molecular flexibility index (Phi) is 1.44. The van der Waals surface area contributed by atoms with Gasteiger partial charge in [-0.05, 0) is 22.9 Å². The maximum atomic E-state index is 13.1. The van der Waals surface area contributed by atoms with Crippen molar-refractivity contribution in [3.8, 4) is 0 Å². The molecular formula is C8H7FN2S. The van der Waals surface area contributed by atoms with Gasteiger partial charge in [0.15, 0.2) is 5.82 Å². The topological polar surface area (TPSA) is 52.0 Å². The zero-order valence-corrected chi connectivity index (χ0v) is 6.99. The van der Waals surface area contributed by atoms with Gasteiger partial charge in [-0.25, -0.2) is 4.39 Å². The van der Waals surface area contributed by atoms with Crippen molar-refractivity contribution in [2.45, 2.75) is 0 Å². The highest BCUT2D eigenvalue weighted by atomic mass is 32.1. The molecule has 1 heterocycles. The SMILES string of the molecule is Nc1cc2ccsc2c(N)c1F. The number of hydrogen-bond acceptors (Lipinski definition) is 3. The smallest absolute Gasteiger partial charge is 0.170 e. The summed E-state index contributed by atoms with van der Waals surface area (Å²) in [6, 6.07) is 3.46. The molecule has 4 N–H and O–H groups in total. The molecule has 0 spiro atoms. The van der Waals surface area contributed by atoms with Crippen LogP contribution in [0, 0.1) is 5.82 Å². The first-order valence-corrected chi connectivity index (χ1v) is 4.29. The predicted octanol–water partition coefficient (Wildman–Crippen LogP) is 2.20. The van der Waals surface area contributed by atoms with E-state index in [4.69, 9.17) is 11.5 Å². The van der Waals surface area contributed by atoms with Crippen molar-refractivity contribution < 1.29 is 4.39 Å². The predicted molar refractivity (Wildman–Crippen MR) is 50.6 cm³/mol. The number of benzene rings is 1. The van der Waals surface area contributed by atoms with Crippen molar-refractivity contribution >= 4 is 32.8 Å². The molecule has 0 radical (unpaired) electrons. The van der Waals surface area contributed by atoms with Gasteiger partial charge < -0.3 is 11.5 Å². The number of fused-ring (bicyclic) bond motifs is 1. The van der Waals surface area contributed by atoms with Gasteiger partial charge in [0, 0.05) is 0 Å². The van der Waals surface area contributed by atoms with Crippen LogP contribution in [0.5, 0.6) is 0 Å². The molecule has 0 aliphatic carbocycles. The Morgan fingerprint density at radius 2 is 2.08 bits per heavy atom. The van der Waals surface area contributed by atoms with Gasteiger partial charge in [0.2, 0.25) is 0 Å². The summed E-state index contributed by atoms with van der Waals surface area (Å²) in [6.07, 6.45) is 0. The van der Waals surface area contributed by atoms with E-state index >= 15 is 0 Å². The molecule has 0 amide bonds. The summed E-state index contributed by atoms with van der Waals surface area (Å²) in [6.45, 7) is 0. The first kappa shape index (κ1) is 7.36. The molecular weight excluding hydrogens is 175 g/mol. The summed E-state index contributed by atoms with van der Waals surface area (Å²) in [7, 11) is 0. The zero-order chi connectivity index (χ0) is 8.72. The van der Waals surface area contributed by atoms with E-state index in [0.29, 0.717) is 0 Å². The van der Waals surface area contributed by atoms with Gasteiger partial charge in [-0.2, -0.15) is 0 Å². The van der Waals surface area contributed by atoms with Gasteiger partial charge in [-0.3, -0.25) is 0 Å². The quantitative estimate of drug-likeness (QED) is 0.614. The second-order valence-corrected chi connectivity index (χ2v) is 3.45. The lowest BCUT2D eigenvalue weighted by Gasteiger charge is -2.01. The van der Waals surface area contributed by atoms with Gasteiger partial charge in [0.25, 0.3) is 0 Å². The fourth-order valence-corrected chi connectivity index (χ4v) is 1.97. The molecule has 2 nitrogen and oxygen atoms in total. The van der Waals surface area contributed by atoms with Crippen LogP contribution < -0.4 is 11.5 Å². The van der Waals surface area contributed by atoms with Crippen molar-refractivity contribution in [1.29, 1.82) is 0 Å². The third kappa shape index (κ3) is 0.848. The summed E-state index contributed by atoms with van der Waals surface area (Å²) in [5.41, 5.74) is 11.2. The second kappa shape index (κ2) is 2.35. The number of hydrogen-bond donors (Lipinski definition) is 2. The third-order valence-corrected chi connectivity index (χ3v) is 2.70. The van der Waals surface area contributed by atoms with Crippen LogP contribution in [0.2, 0.25) is 0 Å². The Morgan fingerprint density at radius 3 is 2.83 bits per heavy atom. The highest BCUT2D eigenvalue weighted by Crippen LogP contribution is 2.32. The molecule has 2 aromatic rings. The Hall–Kier alpha value is -1.29. The molecule has 0 saturated carbocycles. The van der Waals surface area contributed by atoms with E-state index in [9.17, 15) is 4.39 Å². The van der Waals surface area contributed by atoms with Crippen molar-refractivity contribution in [2.24, 2.45) is 0 Å². The molecule has 0 aliphatic rings. The molecule has 2 rings (SSSR count). The average Bonchev–Trinajstić information content (AvgIpc) is 2.48. The number of halogens is 1. The van der Waals surface area contributed by atoms with Gasteiger partial charge >= 0.3 is 0 Å². The molecule has 0 fully saturated rings. The molecule has 1 aromatic heterocycles. The Bertz CT molecular complexity index is 436. The summed E-state index contributed by atoms with van der Waals surface area (Å²) >= 11 is 1.42. The zero-order valence-electron chi connectivity index (χ0n) is 6.17. The molecule has 0 unspecified atom stereocenters. The fourth-order valence-electron chi connectivity index (χ4n) is 1.14. The minimum absolute atomic E-state index is 0.110. The van der Waals surface area contributed by atoms with Crippen LogP contribution in [0.4, 0.5) is 15.8 Å². The van der Waals surface area contributed by atoms with E-state index in [-0.39, 0.29) is 11.4 Å². The van der Waals surface area contributed by atoms with Gasteiger partial charge in [-0.1, -0.05) is 0 Å². The number of nitrogen functional groups attached to an aromatic ring is 2. The molecule has 4 heteroatoms. The summed E-state index contributed by atoms with van der Waals surface area (Å²) in [5, 5.41) is 2.76. The molecule has 62 valence electrons. The highest BCUT2D eigenvalue weighted by Gasteiger charge is 2.08. The van der Waals surface area contributed by atoms with Crippen molar-refractivity contribution in [1.82, 2.24) is 0 Å². The Labute approximate surface area is 72.6 Å². The summed E-state index contributed by atoms with van der Waals surface area (Å²) in [5.74, 6) is -0.509. The lowest BCUT2D eigenvalue weighted by molar-refractivity contribution is 0.639. The van der Waals surface area contributed by atoms with E-state index in [1.54, 1.807) is 6.07 Å². The van der Waals surface area contributed by atoms with E-state index in [0.717, 1.165) is 10.1 Å². The van der Waals surface area contributed by atoms with Crippen LogP contribution in [0.1, 0.15) is 0 Å². The minimum atomic E-state index is -0.509. The van der Waals surface area contributed by atoms with Crippen LogP contribution in [-0.4, -0.2) is 0 Å². The van der Waals surface area contributed by atoms with Gasteiger partial charge in [0.1, 0.15) is 0 Å². The number of anilines is 2. The third-order valence-electron chi connectivity index (χ3n) is 1.74. The number of nitrogens with two attached hydrogens (primary N) is 2. The highest BCUT2D eigenvalue weighted by molar-refractivity contribution is 7.17. The normalized spacial score (nSPS) is 10.8. The first-order valence-electron chi connectivity index (χ1n) is 3.41. The molecule has 12 heavy (non-hydrogen) atoms. The standard InChI is InChI=1S/C8H7FN2S/c9-6-5(10)3-4-1-2-12-8(4)7(6)11/h1-3H,10-11H2. The van der Waals surface area contributed by atoms with Crippen molar-refractivity contribution in [3.63, 3.8) is 0 Å². The maximum absolute atomic E-state index is 13.1. The minimum Gasteiger partial charge on any atom is -0.396 e. The van der Waals surface area contributed by atoms with Crippen LogP contribution in [0.3, 0.4) is 0 Å². The fraction of sp³-hybridized carbons (Fsp3) is 0. The molecule has 0 atom stereocenters. The van der Waals surface area contributed by atoms with Crippen LogP contribution in [-0.2, 0) is 0 Å². The summed E-state index contributed by atoms with van der Waals surface area (Å²) < 4.78 is 13.9. The van der Waals surface area contributed by atoms with E-state index in [1.165, 1.54) is 11.3 Å². The van der Waals surface area contributed by atoms with Gasteiger partial charge in [0.05, 0.1) is 16.1 Å². The number of thiophene rings is 1. The van der Waals surface area contributed by atoms with Gasteiger partial charge in [-0.15, -0.1) is 11.3 Å². The molecule has 0 saturated heterocycles. The molecule has 0 bridgehead atoms. The lowest BCUT2D eigenvalue weighted by atomic mass is 10.2. The van der Waals surface area contributed by atoms with Crippen LogP contribution in [0.25, 0.3) is 10.1 Å². The second-order valence-electron chi connectivity index (χ2n) is 2.53. The first-order chi connectivity index (χ1) is 5.70. The summed E-state index contributed by atoms with van der Waals surface area (Å²) in [4.78, 5) is 0. The van der Waals surface area contributed by atoms with Crippen LogP contribution in [0.15, 0.2) is 17.5 Å². The number of rotatable bonds is 0. The van der Waals surface area contributed by atoms with E-state index in [2.05, 4.69) is 0 Å². The molecule has 0 aliphatic heterocycles. The van der Waals surface area contributed by atoms with Crippen LogP contribution >= 0.6 is 11.3 Å². The Morgan fingerprint density at radius 1 is 1.33 bits per heavy atom. The molecule has 1 aromatic carbocycles. The van der Waals surface area contributed by atoms with Crippen molar-refractivity contribution in [3.05, 3.63) is 23.3 Å². The Balaban J connectivity index is 2.94. The van der Waals surface area contributed by atoms with E-state index < -0.39 is 5.82 Å². The maximum Gasteiger partial charge on any atom is 0.170 e. The monoisotopic (exact) mass is 182 g/mol. The largest absolute Gasteiger partial charge is 0.396 e.